The molecule has 3 rings (SSSR count). The van der Waals surface area contributed by atoms with Crippen molar-refractivity contribution in [3.8, 4) is 0 Å². The molecular weight excluding hydrogens is 404 g/mol. The molecule has 0 saturated carbocycles. The number of methoxy groups -OCH3 is 1. The molecule has 0 N–H and O–H groups in total. The maximum atomic E-state index is 5.19. The quantitative estimate of drug-likeness (QED) is 0.354. The Morgan fingerprint density at radius 3 is 2.91 bits per heavy atom. The Bertz CT molecular complexity index is 838. The van der Waals surface area contributed by atoms with Gasteiger partial charge in [-0.15, -0.1) is 0 Å². The first-order valence-electron chi connectivity index (χ1n) is 7.25. The van der Waals surface area contributed by atoms with Gasteiger partial charge in [0.1, 0.15) is 20.4 Å². The fourth-order valence-electron chi connectivity index (χ4n) is 2.48. The molecule has 3 aromatic rings. The first kappa shape index (κ1) is 16.2. The van der Waals surface area contributed by atoms with Crippen LogP contribution in [-0.2, 0) is 18.0 Å². The predicted molar refractivity (Wildman–Crippen MR) is 102 cm³/mol. The highest BCUT2D eigenvalue weighted by Crippen LogP contribution is 2.26. The molecule has 23 heavy (non-hydrogen) atoms. The summed E-state index contributed by atoms with van der Waals surface area (Å²) in [5, 5.41) is 0. The molecule has 2 heterocycles. The van der Waals surface area contributed by atoms with Gasteiger partial charge >= 0.3 is 0 Å². The number of hydrogen-bond donors (Lipinski definition) is 0. The lowest BCUT2D eigenvalue weighted by Gasteiger charge is -2.17. The third-order valence-electron chi connectivity index (χ3n) is 3.46. The molecule has 0 saturated heterocycles. The maximum absolute atomic E-state index is 5.19. The van der Waals surface area contributed by atoms with Gasteiger partial charge in [-0.05, 0) is 12.5 Å². The number of halogens is 1. The van der Waals surface area contributed by atoms with Crippen molar-refractivity contribution in [3.63, 3.8) is 0 Å². The van der Waals surface area contributed by atoms with Crippen molar-refractivity contribution in [3.05, 3.63) is 42.0 Å². The standard InChI is InChI=1S/C15H17BIN5O/c1-10-19-14-13(18-8-21(14)9-23-2)15(20-10)22(17)7-11-4-3-5-12(16)6-11/h3-6,8H,7,9,16H2,1-2H3. The second-order valence-corrected chi connectivity index (χ2v) is 6.57. The van der Waals surface area contributed by atoms with Crippen LogP contribution in [0.5, 0.6) is 0 Å². The van der Waals surface area contributed by atoms with Crippen molar-refractivity contribution in [2.24, 2.45) is 0 Å². The summed E-state index contributed by atoms with van der Waals surface area (Å²) in [6.45, 7) is 3.07. The molecule has 1 aromatic carbocycles. The van der Waals surface area contributed by atoms with Crippen molar-refractivity contribution >= 4 is 53.2 Å². The van der Waals surface area contributed by atoms with Gasteiger partial charge in [-0.25, -0.2) is 15.0 Å². The number of ether oxygens (including phenoxy) is 1. The van der Waals surface area contributed by atoms with Gasteiger partial charge in [0.25, 0.3) is 0 Å². The van der Waals surface area contributed by atoms with Crippen LogP contribution in [0, 0.1) is 6.92 Å². The number of imidazole rings is 1. The van der Waals surface area contributed by atoms with Crippen molar-refractivity contribution < 1.29 is 4.74 Å². The summed E-state index contributed by atoms with van der Waals surface area (Å²) in [5.74, 6) is 1.54. The summed E-state index contributed by atoms with van der Waals surface area (Å²) in [7, 11) is 3.75. The average Bonchev–Trinajstić information content (AvgIpc) is 2.90. The van der Waals surface area contributed by atoms with Gasteiger partial charge in [0, 0.05) is 7.11 Å². The van der Waals surface area contributed by atoms with Crippen LogP contribution in [0.3, 0.4) is 0 Å². The SMILES string of the molecule is Bc1cccc(CN(I)c2nc(C)nc3c2ncn3COC)c1. The van der Waals surface area contributed by atoms with E-state index < -0.39 is 0 Å². The topological polar surface area (TPSA) is 56.1 Å². The molecule has 6 nitrogen and oxygen atoms in total. The molecule has 2 aromatic heterocycles. The lowest BCUT2D eigenvalue weighted by Crippen LogP contribution is -2.14. The number of hydrogen-bond acceptors (Lipinski definition) is 5. The lowest BCUT2D eigenvalue weighted by molar-refractivity contribution is 0.134. The van der Waals surface area contributed by atoms with E-state index in [-0.39, 0.29) is 0 Å². The second kappa shape index (κ2) is 6.83. The van der Waals surface area contributed by atoms with Gasteiger partial charge in [-0.1, -0.05) is 29.7 Å². The third kappa shape index (κ3) is 3.47. The van der Waals surface area contributed by atoms with Gasteiger partial charge < -0.3 is 4.74 Å². The molecule has 8 heteroatoms. The summed E-state index contributed by atoms with van der Waals surface area (Å²) < 4.78 is 9.15. The van der Waals surface area contributed by atoms with Gasteiger partial charge in [0.15, 0.2) is 17.0 Å². The number of nitrogens with zero attached hydrogens (tertiary/aromatic N) is 5. The summed E-state index contributed by atoms with van der Waals surface area (Å²) in [4.78, 5) is 13.6. The first-order valence-corrected chi connectivity index (χ1v) is 8.22. The second-order valence-electron chi connectivity index (χ2n) is 5.41. The van der Waals surface area contributed by atoms with E-state index in [1.54, 1.807) is 13.4 Å². The Morgan fingerprint density at radius 2 is 2.17 bits per heavy atom. The van der Waals surface area contributed by atoms with Crippen LogP contribution in [0.2, 0.25) is 0 Å². The Morgan fingerprint density at radius 1 is 1.35 bits per heavy atom. The molecule has 0 aliphatic rings. The zero-order valence-electron chi connectivity index (χ0n) is 13.3. The zero-order chi connectivity index (χ0) is 16.4. The van der Waals surface area contributed by atoms with Crippen molar-refractivity contribution in [2.75, 3.05) is 10.2 Å². The first-order chi connectivity index (χ1) is 11.1. The summed E-state index contributed by atoms with van der Waals surface area (Å²) >= 11 is 2.28. The average molecular weight is 421 g/mol. The minimum Gasteiger partial charge on any atom is -0.364 e. The van der Waals surface area contributed by atoms with Crippen molar-refractivity contribution in [2.45, 2.75) is 20.2 Å². The molecule has 118 valence electrons. The molecular formula is C15H17BIN5O. The Labute approximate surface area is 149 Å². The van der Waals surface area contributed by atoms with E-state index in [2.05, 4.69) is 73.0 Å². The van der Waals surface area contributed by atoms with Crippen LogP contribution >= 0.6 is 22.9 Å². The van der Waals surface area contributed by atoms with E-state index in [4.69, 9.17) is 4.74 Å². The molecule has 0 aliphatic heterocycles. The van der Waals surface area contributed by atoms with Gasteiger partial charge in [0.05, 0.1) is 35.7 Å². The molecule has 0 unspecified atom stereocenters. The van der Waals surface area contributed by atoms with Gasteiger partial charge in [0.2, 0.25) is 0 Å². The molecule has 0 bridgehead atoms. The monoisotopic (exact) mass is 421 g/mol. The normalized spacial score (nSPS) is 11.1. The molecule has 0 amide bonds. The Balaban J connectivity index is 1.98. The third-order valence-corrected chi connectivity index (χ3v) is 4.26. The predicted octanol–water partition coefficient (Wildman–Crippen LogP) is 1.35. The van der Waals surface area contributed by atoms with Gasteiger partial charge in [-0.2, -0.15) is 0 Å². The minimum atomic E-state index is 0.422. The Kier molecular flexibility index (Phi) is 4.81. The van der Waals surface area contributed by atoms with Crippen LogP contribution in [-0.4, -0.2) is 34.5 Å². The molecule has 0 radical (unpaired) electrons. The van der Waals surface area contributed by atoms with E-state index in [0.29, 0.717) is 6.73 Å². The fraction of sp³-hybridized carbons (Fsp3) is 0.267. The summed E-state index contributed by atoms with van der Waals surface area (Å²) in [6, 6.07) is 8.47. The number of aryl methyl sites for hydroxylation is 1. The highest BCUT2D eigenvalue weighted by Gasteiger charge is 2.16. The largest absolute Gasteiger partial charge is 0.364 e. The highest BCUT2D eigenvalue weighted by atomic mass is 127. The molecule has 0 fully saturated rings. The smallest absolute Gasteiger partial charge is 0.169 e. The number of aromatic nitrogens is 4. The van der Waals surface area contributed by atoms with Crippen LogP contribution < -0.4 is 8.58 Å². The van der Waals surface area contributed by atoms with Crippen LogP contribution in [0.1, 0.15) is 11.4 Å². The van der Waals surface area contributed by atoms with Gasteiger partial charge in [-0.3, -0.25) is 7.68 Å². The number of anilines is 1. The number of rotatable bonds is 5. The summed E-state index contributed by atoms with van der Waals surface area (Å²) in [6.07, 6.45) is 1.74. The molecule has 0 aliphatic carbocycles. The fourth-order valence-corrected chi connectivity index (χ4v) is 3.21. The molecule has 0 atom stereocenters. The van der Waals surface area contributed by atoms with Crippen LogP contribution in [0.4, 0.5) is 5.82 Å². The van der Waals surface area contributed by atoms with E-state index in [0.717, 1.165) is 29.4 Å². The van der Waals surface area contributed by atoms with Crippen molar-refractivity contribution in [1.82, 2.24) is 19.5 Å². The lowest BCUT2D eigenvalue weighted by atomic mass is 9.94. The van der Waals surface area contributed by atoms with Crippen LogP contribution in [0.25, 0.3) is 11.2 Å². The summed E-state index contributed by atoms with van der Waals surface area (Å²) in [5.41, 5.74) is 4.07. The van der Waals surface area contributed by atoms with E-state index >= 15 is 0 Å². The van der Waals surface area contributed by atoms with E-state index in [1.807, 2.05) is 11.5 Å². The number of benzene rings is 1. The minimum absolute atomic E-state index is 0.422. The zero-order valence-corrected chi connectivity index (χ0v) is 15.5. The van der Waals surface area contributed by atoms with E-state index in [1.165, 1.54) is 11.0 Å². The molecule has 0 spiro atoms. The van der Waals surface area contributed by atoms with Crippen molar-refractivity contribution in [1.29, 1.82) is 0 Å². The van der Waals surface area contributed by atoms with E-state index in [9.17, 15) is 0 Å². The maximum Gasteiger partial charge on any atom is 0.169 e. The van der Waals surface area contributed by atoms with Crippen LogP contribution in [0.15, 0.2) is 30.6 Å². The highest BCUT2D eigenvalue weighted by molar-refractivity contribution is 14.1. The number of fused-ring (bicyclic) bond motifs is 1. The Hall–Kier alpha value is -1.68.